The van der Waals surface area contributed by atoms with Crippen molar-refractivity contribution in [2.24, 2.45) is 10.9 Å². The first-order valence-corrected chi connectivity index (χ1v) is 8.47. The molecule has 1 heterocycles. The van der Waals surface area contributed by atoms with Gasteiger partial charge >= 0.3 is 5.97 Å². The minimum atomic E-state index is -1.21. The third-order valence-electron chi connectivity index (χ3n) is 3.71. The van der Waals surface area contributed by atoms with Gasteiger partial charge in [-0.3, -0.25) is 14.6 Å². The molecule has 1 amide bonds. The number of benzene rings is 2. The van der Waals surface area contributed by atoms with Gasteiger partial charge in [0.05, 0.1) is 0 Å². The average Bonchev–Trinajstić information content (AvgIpc) is 2.60. The van der Waals surface area contributed by atoms with E-state index in [0.29, 0.717) is 10.9 Å². The van der Waals surface area contributed by atoms with Crippen LogP contribution in [-0.2, 0) is 15.3 Å². The number of carboxylic acid groups (broad SMARTS) is 1. The van der Waals surface area contributed by atoms with E-state index in [1.807, 2.05) is 48.5 Å². The standard InChI is InChI=1S/C18H16N2O3S/c21-16-14(17(22)23)15(13-9-5-2-6-10-13)19-18(20-16)24-11-12-7-3-1-4-8-12/h1-10,14-15H,11H2,(H,22,23)(H,19,20,21). The van der Waals surface area contributed by atoms with Gasteiger partial charge in [-0.1, -0.05) is 72.4 Å². The summed E-state index contributed by atoms with van der Waals surface area (Å²) in [5.74, 6) is -2.26. The number of carbonyl (C=O) groups excluding carboxylic acids is 1. The highest BCUT2D eigenvalue weighted by molar-refractivity contribution is 8.13. The lowest BCUT2D eigenvalue weighted by molar-refractivity contribution is -0.147. The molecule has 0 aliphatic carbocycles. The van der Waals surface area contributed by atoms with Crippen LogP contribution in [0.1, 0.15) is 17.2 Å². The van der Waals surface area contributed by atoms with Gasteiger partial charge in [0.15, 0.2) is 11.1 Å². The molecular formula is C18H16N2O3S. The van der Waals surface area contributed by atoms with Crippen LogP contribution in [0, 0.1) is 5.92 Å². The van der Waals surface area contributed by atoms with Crippen LogP contribution in [0.4, 0.5) is 0 Å². The number of hydrogen-bond acceptors (Lipinski definition) is 4. The highest BCUT2D eigenvalue weighted by Gasteiger charge is 2.39. The number of nitrogens with one attached hydrogen (secondary N) is 1. The van der Waals surface area contributed by atoms with Crippen molar-refractivity contribution < 1.29 is 14.7 Å². The number of hydrogen-bond donors (Lipinski definition) is 2. The molecule has 0 saturated heterocycles. The first kappa shape index (κ1) is 16.3. The lowest BCUT2D eigenvalue weighted by atomic mass is 9.92. The Labute approximate surface area is 143 Å². The molecule has 5 nitrogen and oxygen atoms in total. The summed E-state index contributed by atoms with van der Waals surface area (Å²) in [6, 6.07) is 18.2. The summed E-state index contributed by atoms with van der Waals surface area (Å²) in [6.07, 6.45) is 0. The Bertz CT molecular complexity index is 762. The Balaban J connectivity index is 1.84. The number of amides is 1. The van der Waals surface area contributed by atoms with Gasteiger partial charge in [-0.25, -0.2) is 0 Å². The molecule has 3 rings (SSSR count). The Kier molecular flexibility index (Phi) is 4.96. The predicted octanol–water partition coefficient (Wildman–Crippen LogP) is 2.85. The number of carboxylic acids is 1. The molecule has 0 aromatic heterocycles. The van der Waals surface area contributed by atoms with E-state index in [-0.39, 0.29) is 0 Å². The maximum absolute atomic E-state index is 12.3. The molecule has 0 saturated carbocycles. The molecule has 2 aromatic rings. The van der Waals surface area contributed by atoms with Crippen LogP contribution < -0.4 is 5.32 Å². The number of carbonyl (C=O) groups is 2. The van der Waals surface area contributed by atoms with Gasteiger partial charge in [0.1, 0.15) is 6.04 Å². The number of nitrogens with zero attached hydrogens (tertiary/aromatic N) is 1. The van der Waals surface area contributed by atoms with Crippen LogP contribution in [0.5, 0.6) is 0 Å². The van der Waals surface area contributed by atoms with Crippen molar-refractivity contribution in [2.75, 3.05) is 0 Å². The monoisotopic (exact) mass is 340 g/mol. The van der Waals surface area contributed by atoms with E-state index in [0.717, 1.165) is 11.1 Å². The van der Waals surface area contributed by atoms with Crippen molar-refractivity contribution in [3.8, 4) is 0 Å². The van der Waals surface area contributed by atoms with Crippen molar-refractivity contribution >= 4 is 28.8 Å². The summed E-state index contributed by atoms with van der Waals surface area (Å²) in [7, 11) is 0. The van der Waals surface area contributed by atoms with Crippen LogP contribution in [0.2, 0.25) is 0 Å². The van der Waals surface area contributed by atoms with E-state index < -0.39 is 23.8 Å². The molecule has 6 heteroatoms. The van der Waals surface area contributed by atoms with Crippen LogP contribution in [0.25, 0.3) is 0 Å². The Morgan fingerprint density at radius 3 is 2.33 bits per heavy atom. The van der Waals surface area contributed by atoms with Crippen molar-refractivity contribution in [3.63, 3.8) is 0 Å². The van der Waals surface area contributed by atoms with Crippen LogP contribution in [0.15, 0.2) is 65.7 Å². The molecule has 0 radical (unpaired) electrons. The second-order valence-corrected chi connectivity index (χ2v) is 6.33. The number of rotatable bonds is 4. The fraction of sp³-hybridized carbons (Fsp3) is 0.167. The van der Waals surface area contributed by atoms with Gasteiger partial charge in [0.2, 0.25) is 5.91 Å². The lowest BCUT2D eigenvalue weighted by Crippen LogP contribution is -2.45. The van der Waals surface area contributed by atoms with Crippen molar-refractivity contribution in [3.05, 3.63) is 71.8 Å². The molecule has 24 heavy (non-hydrogen) atoms. The SMILES string of the molecule is O=C(O)C1C(=O)NC(SCc2ccccc2)=NC1c1ccccc1. The molecular weight excluding hydrogens is 324 g/mol. The topological polar surface area (TPSA) is 78.8 Å². The number of aliphatic carboxylic acids is 1. The largest absolute Gasteiger partial charge is 0.481 e. The van der Waals surface area contributed by atoms with Crippen LogP contribution >= 0.6 is 11.8 Å². The second kappa shape index (κ2) is 7.31. The van der Waals surface area contributed by atoms with Gasteiger partial charge in [0, 0.05) is 5.75 Å². The van der Waals surface area contributed by atoms with Crippen LogP contribution in [-0.4, -0.2) is 22.2 Å². The maximum Gasteiger partial charge on any atom is 0.318 e. The zero-order valence-corrected chi connectivity index (χ0v) is 13.6. The average molecular weight is 340 g/mol. The van der Waals surface area contributed by atoms with E-state index in [4.69, 9.17) is 0 Å². The third-order valence-corrected chi connectivity index (χ3v) is 4.67. The van der Waals surface area contributed by atoms with Crippen molar-refractivity contribution in [1.82, 2.24) is 5.32 Å². The van der Waals surface area contributed by atoms with E-state index in [2.05, 4.69) is 10.3 Å². The van der Waals surface area contributed by atoms with Gasteiger partial charge in [-0.05, 0) is 11.1 Å². The summed E-state index contributed by atoms with van der Waals surface area (Å²) in [5.41, 5.74) is 1.83. The number of aliphatic imine (C=N–C) groups is 1. The zero-order valence-electron chi connectivity index (χ0n) is 12.8. The van der Waals surface area contributed by atoms with Gasteiger partial charge in [-0.2, -0.15) is 0 Å². The second-order valence-electron chi connectivity index (χ2n) is 5.37. The van der Waals surface area contributed by atoms with Crippen LogP contribution in [0.3, 0.4) is 0 Å². The van der Waals surface area contributed by atoms with Gasteiger partial charge in [-0.15, -0.1) is 0 Å². The minimum absolute atomic E-state index is 0.454. The van der Waals surface area contributed by atoms with Crippen molar-refractivity contribution in [2.45, 2.75) is 11.8 Å². The Morgan fingerprint density at radius 2 is 1.71 bits per heavy atom. The lowest BCUT2D eigenvalue weighted by Gasteiger charge is -2.26. The summed E-state index contributed by atoms with van der Waals surface area (Å²) >= 11 is 1.39. The fourth-order valence-corrected chi connectivity index (χ4v) is 3.38. The summed E-state index contributed by atoms with van der Waals surface area (Å²) < 4.78 is 0. The molecule has 2 aromatic carbocycles. The first-order chi connectivity index (χ1) is 11.6. The fourth-order valence-electron chi connectivity index (χ4n) is 2.52. The zero-order chi connectivity index (χ0) is 16.9. The normalized spacial score (nSPS) is 20.2. The van der Waals surface area contributed by atoms with E-state index >= 15 is 0 Å². The summed E-state index contributed by atoms with van der Waals surface area (Å²) in [5, 5.41) is 12.5. The van der Waals surface area contributed by atoms with E-state index in [1.54, 1.807) is 12.1 Å². The van der Waals surface area contributed by atoms with Gasteiger partial charge in [0.25, 0.3) is 0 Å². The molecule has 2 atom stereocenters. The number of amidine groups is 1. The summed E-state index contributed by atoms with van der Waals surface area (Å²) in [6.45, 7) is 0. The quantitative estimate of drug-likeness (QED) is 0.839. The Hall–Kier alpha value is -2.60. The molecule has 1 aliphatic heterocycles. The predicted molar refractivity (Wildman–Crippen MR) is 93.6 cm³/mol. The third kappa shape index (κ3) is 3.65. The first-order valence-electron chi connectivity index (χ1n) is 7.48. The maximum atomic E-state index is 12.3. The molecule has 0 spiro atoms. The Morgan fingerprint density at radius 1 is 1.08 bits per heavy atom. The highest BCUT2D eigenvalue weighted by atomic mass is 32.2. The minimum Gasteiger partial charge on any atom is -0.481 e. The number of thioether (sulfide) groups is 1. The summed E-state index contributed by atoms with van der Waals surface area (Å²) in [4.78, 5) is 28.2. The molecule has 0 bridgehead atoms. The highest BCUT2D eigenvalue weighted by Crippen LogP contribution is 2.31. The smallest absolute Gasteiger partial charge is 0.318 e. The molecule has 2 N–H and O–H groups in total. The molecule has 1 aliphatic rings. The van der Waals surface area contributed by atoms with Gasteiger partial charge < -0.3 is 10.4 Å². The molecule has 122 valence electrons. The molecule has 0 fully saturated rings. The van der Waals surface area contributed by atoms with Crippen molar-refractivity contribution in [1.29, 1.82) is 0 Å². The van der Waals surface area contributed by atoms with E-state index in [9.17, 15) is 14.7 Å². The molecule has 2 unspecified atom stereocenters. The van der Waals surface area contributed by atoms with E-state index in [1.165, 1.54) is 11.8 Å².